The molecule has 0 saturated carbocycles. The number of hydrogen-bond acceptors (Lipinski definition) is 4. The molecule has 2 aromatic heterocycles. The molecule has 7 heteroatoms. The van der Waals surface area contributed by atoms with Crippen LogP contribution >= 0.6 is 11.6 Å². The molecule has 2 heterocycles. The Morgan fingerprint density at radius 1 is 1.32 bits per heavy atom. The van der Waals surface area contributed by atoms with Gasteiger partial charge in [0, 0.05) is 18.3 Å². The van der Waals surface area contributed by atoms with Crippen LogP contribution in [0.25, 0.3) is 12.2 Å². The number of aromatic carboxylic acids is 1. The molecule has 0 fully saturated rings. The molecule has 0 aliphatic rings. The van der Waals surface area contributed by atoms with Crippen molar-refractivity contribution in [3.05, 3.63) is 39.7 Å². The molecule has 6 nitrogen and oxygen atoms in total. The third-order valence-corrected chi connectivity index (χ3v) is 4.06. The lowest BCUT2D eigenvalue weighted by Gasteiger charge is -2.08. The smallest absolute Gasteiger partial charge is 0.339 e. The Hall–Kier alpha value is -2.21. The summed E-state index contributed by atoms with van der Waals surface area (Å²) in [5.41, 5.74) is 2.29. The lowest BCUT2D eigenvalue weighted by Crippen LogP contribution is -2.08. The van der Waals surface area contributed by atoms with Gasteiger partial charge >= 0.3 is 5.97 Å². The maximum absolute atomic E-state index is 11.3. The third kappa shape index (κ3) is 4.45. The van der Waals surface area contributed by atoms with Crippen LogP contribution in [0.2, 0.25) is 5.15 Å². The molecular formula is C18H23ClN4O2. The fraction of sp³-hybridized carbons (Fsp3) is 0.444. The van der Waals surface area contributed by atoms with Crippen molar-refractivity contribution in [2.24, 2.45) is 5.92 Å². The van der Waals surface area contributed by atoms with E-state index in [9.17, 15) is 9.90 Å². The molecule has 0 saturated heterocycles. The van der Waals surface area contributed by atoms with E-state index in [1.807, 2.05) is 26.8 Å². The van der Waals surface area contributed by atoms with Crippen molar-refractivity contribution in [2.45, 2.75) is 47.1 Å². The maximum atomic E-state index is 11.3. The molecule has 0 atom stereocenters. The van der Waals surface area contributed by atoms with E-state index in [-0.39, 0.29) is 11.5 Å². The van der Waals surface area contributed by atoms with Gasteiger partial charge in [0.15, 0.2) is 5.82 Å². The average Bonchev–Trinajstić information content (AvgIpc) is 2.78. The zero-order chi connectivity index (χ0) is 18.7. The second kappa shape index (κ2) is 7.78. The molecule has 1 N–H and O–H groups in total. The molecular weight excluding hydrogens is 340 g/mol. The largest absolute Gasteiger partial charge is 0.478 e. The second-order valence-corrected chi connectivity index (χ2v) is 7.04. The number of aromatic nitrogens is 4. The lowest BCUT2D eigenvalue weighted by molar-refractivity contribution is 0.0694. The Morgan fingerprint density at radius 2 is 2.00 bits per heavy atom. The summed E-state index contributed by atoms with van der Waals surface area (Å²) in [5, 5.41) is 14.3. The molecule has 2 rings (SSSR count). The number of carboxylic acid groups (broad SMARTS) is 1. The van der Waals surface area contributed by atoms with Gasteiger partial charge in [-0.15, -0.1) is 0 Å². The van der Waals surface area contributed by atoms with Crippen LogP contribution in [0, 0.1) is 12.8 Å². The van der Waals surface area contributed by atoms with E-state index >= 15 is 0 Å². The monoisotopic (exact) mass is 362 g/mol. The number of carbonyl (C=O) groups is 1. The van der Waals surface area contributed by atoms with Gasteiger partial charge in [-0.1, -0.05) is 39.3 Å². The first kappa shape index (κ1) is 19.1. The maximum Gasteiger partial charge on any atom is 0.339 e. The summed E-state index contributed by atoms with van der Waals surface area (Å²) in [5.74, 6) is -0.150. The fourth-order valence-electron chi connectivity index (χ4n) is 2.48. The van der Waals surface area contributed by atoms with Crippen molar-refractivity contribution in [3.8, 4) is 0 Å². The Labute approximate surface area is 152 Å². The van der Waals surface area contributed by atoms with Gasteiger partial charge in [-0.05, 0) is 30.9 Å². The highest BCUT2D eigenvalue weighted by molar-refractivity contribution is 6.31. The van der Waals surface area contributed by atoms with E-state index in [1.165, 1.54) is 6.20 Å². The zero-order valence-electron chi connectivity index (χ0n) is 15.1. The average molecular weight is 363 g/mol. The predicted molar refractivity (Wildman–Crippen MR) is 98.8 cm³/mol. The van der Waals surface area contributed by atoms with Gasteiger partial charge in [-0.2, -0.15) is 5.10 Å². The van der Waals surface area contributed by atoms with Gasteiger partial charge in [-0.3, -0.25) is 4.68 Å². The number of aryl methyl sites for hydroxylation is 1. The van der Waals surface area contributed by atoms with E-state index in [0.717, 1.165) is 17.8 Å². The number of hydrogen-bond donors (Lipinski definition) is 1. The molecule has 0 unspecified atom stereocenters. The molecule has 0 aromatic carbocycles. The number of halogens is 1. The SMILES string of the molecule is Cc1nn(CC(C)C)c(Cl)c1/C=C/c1ncc(C(=O)O)c(C(C)C)n1. The van der Waals surface area contributed by atoms with Crippen LogP contribution in [0.1, 0.15) is 66.7 Å². The van der Waals surface area contributed by atoms with Gasteiger partial charge in [0.05, 0.1) is 17.0 Å². The summed E-state index contributed by atoms with van der Waals surface area (Å²) in [4.78, 5) is 19.8. The predicted octanol–water partition coefficient (Wildman–Crippen LogP) is 4.28. The van der Waals surface area contributed by atoms with Crippen LogP contribution in [0.5, 0.6) is 0 Å². The summed E-state index contributed by atoms with van der Waals surface area (Å²) in [6.45, 7) is 10.7. The van der Waals surface area contributed by atoms with Crippen molar-refractivity contribution in [1.82, 2.24) is 19.7 Å². The zero-order valence-corrected chi connectivity index (χ0v) is 15.9. The highest BCUT2D eigenvalue weighted by atomic mass is 35.5. The van der Waals surface area contributed by atoms with Gasteiger partial charge in [0.2, 0.25) is 0 Å². The van der Waals surface area contributed by atoms with Crippen LogP contribution in [0.15, 0.2) is 6.20 Å². The third-order valence-electron chi connectivity index (χ3n) is 3.66. The van der Waals surface area contributed by atoms with Crippen LogP contribution in [-0.2, 0) is 6.54 Å². The minimum absolute atomic E-state index is 0.0135. The molecule has 25 heavy (non-hydrogen) atoms. The van der Waals surface area contributed by atoms with Crippen molar-refractivity contribution >= 4 is 29.7 Å². The summed E-state index contributed by atoms with van der Waals surface area (Å²) < 4.78 is 1.79. The number of carboxylic acids is 1. The standard InChI is InChI=1S/C18H23ClN4O2/c1-10(2)9-23-17(19)13(12(5)22-23)6-7-15-20-8-14(18(24)25)16(21-15)11(3)4/h6-8,10-11H,9H2,1-5H3,(H,24,25)/b7-6+. The molecule has 0 spiro atoms. The first-order chi connectivity index (χ1) is 11.7. The summed E-state index contributed by atoms with van der Waals surface area (Å²) in [6, 6.07) is 0. The van der Waals surface area contributed by atoms with Crippen LogP contribution in [0.3, 0.4) is 0 Å². The Morgan fingerprint density at radius 3 is 2.56 bits per heavy atom. The van der Waals surface area contributed by atoms with E-state index in [0.29, 0.717) is 22.6 Å². The Kier molecular flexibility index (Phi) is 5.95. The van der Waals surface area contributed by atoms with Gasteiger partial charge in [0.1, 0.15) is 5.15 Å². The van der Waals surface area contributed by atoms with Gasteiger partial charge in [0.25, 0.3) is 0 Å². The second-order valence-electron chi connectivity index (χ2n) is 6.69. The van der Waals surface area contributed by atoms with Gasteiger partial charge < -0.3 is 5.11 Å². The number of nitrogens with zero attached hydrogens (tertiary/aromatic N) is 4. The first-order valence-electron chi connectivity index (χ1n) is 8.21. The molecule has 2 aromatic rings. The quantitative estimate of drug-likeness (QED) is 0.829. The van der Waals surface area contributed by atoms with Crippen LogP contribution < -0.4 is 0 Å². The first-order valence-corrected chi connectivity index (χ1v) is 8.59. The van der Waals surface area contributed by atoms with Gasteiger partial charge in [-0.25, -0.2) is 14.8 Å². The summed E-state index contributed by atoms with van der Waals surface area (Å²) >= 11 is 6.42. The fourth-order valence-corrected chi connectivity index (χ4v) is 2.78. The Balaban J connectivity index is 2.35. The minimum Gasteiger partial charge on any atom is -0.478 e. The van der Waals surface area contributed by atoms with Crippen LogP contribution in [0.4, 0.5) is 0 Å². The summed E-state index contributed by atoms with van der Waals surface area (Å²) in [6.07, 6.45) is 4.90. The molecule has 134 valence electrons. The number of rotatable bonds is 6. The lowest BCUT2D eigenvalue weighted by atomic mass is 10.1. The van der Waals surface area contributed by atoms with Crippen molar-refractivity contribution in [2.75, 3.05) is 0 Å². The topological polar surface area (TPSA) is 80.9 Å². The van der Waals surface area contributed by atoms with E-state index in [2.05, 4.69) is 28.9 Å². The normalized spacial score (nSPS) is 11.8. The van der Waals surface area contributed by atoms with E-state index in [4.69, 9.17) is 11.6 Å². The van der Waals surface area contributed by atoms with Crippen molar-refractivity contribution in [1.29, 1.82) is 0 Å². The van der Waals surface area contributed by atoms with Crippen LogP contribution in [-0.4, -0.2) is 30.8 Å². The molecule has 0 aliphatic heterocycles. The highest BCUT2D eigenvalue weighted by Gasteiger charge is 2.16. The Bertz CT molecular complexity index is 810. The summed E-state index contributed by atoms with van der Waals surface area (Å²) in [7, 11) is 0. The molecule has 0 amide bonds. The van der Waals surface area contributed by atoms with Crippen molar-refractivity contribution in [3.63, 3.8) is 0 Å². The molecule has 0 aliphatic carbocycles. The van der Waals surface area contributed by atoms with E-state index < -0.39 is 5.97 Å². The minimum atomic E-state index is -1.02. The molecule has 0 radical (unpaired) electrons. The van der Waals surface area contributed by atoms with E-state index in [1.54, 1.807) is 10.8 Å². The highest BCUT2D eigenvalue weighted by Crippen LogP contribution is 2.23. The molecule has 0 bridgehead atoms. The van der Waals surface area contributed by atoms with Crippen molar-refractivity contribution < 1.29 is 9.90 Å².